The molecule has 0 radical (unpaired) electrons. The predicted octanol–water partition coefficient (Wildman–Crippen LogP) is -1.02. The van der Waals surface area contributed by atoms with Crippen molar-refractivity contribution in [1.29, 1.82) is 0 Å². The normalized spacial score (nSPS) is 24.6. The van der Waals surface area contributed by atoms with Crippen LogP contribution in [0.25, 0.3) is 0 Å². The van der Waals surface area contributed by atoms with E-state index in [4.69, 9.17) is 0 Å². The predicted molar refractivity (Wildman–Crippen MR) is 48.0 cm³/mol. The van der Waals surface area contributed by atoms with Gasteiger partial charge in [-0.05, 0) is 14.1 Å². The number of nitrogens with one attached hydrogen (secondary N) is 1. The van der Waals surface area contributed by atoms with E-state index in [1.807, 2.05) is 19.0 Å². The Bertz CT molecular complexity index is 149. The second kappa shape index (κ2) is 4.42. The zero-order chi connectivity index (χ0) is 8.97. The first-order valence-electron chi connectivity index (χ1n) is 4.30. The van der Waals surface area contributed by atoms with Crippen molar-refractivity contribution in [2.45, 2.75) is 6.04 Å². The van der Waals surface area contributed by atoms with E-state index < -0.39 is 0 Å². The molecule has 0 spiro atoms. The summed E-state index contributed by atoms with van der Waals surface area (Å²) in [5.74, 6) is 0. The Labute approximate surface area is 73.5 Å². The lowest BCUT2D eigenvalue weighted by atomic mass is 10.2. The molecule has 0 bridgehead atoms. The number of likely N-dealkylation sites (N-methyl/N-ethyl adjacent to an activating group) is 1. The van der Waals surface area contributed by atoms with E-state index in [2.05, 4.69) is 10.2 Å². The van der Waals surface area contributed by atoms with Crippen molar-refractivity contribution in [2.24, 2.45) is 0 Å². The molecule has 1 aliphatic heterocycles. The van der Waals surface area contributed by atoms with Crippen LogP contribution in [0.4, 0.5) is 0 Å². The summed E-state index contributed by atoms with van der Waals surface area (Å²) in [7, 11) is 4.05. The molecule has 0 aliphatic carbocycles. The van der Waals surface area contributed by atoms with Gasteiger partial charge in [0.25, 0.3) is 0 Å². The molecule has 1 heterocycles. The van der Waals surface area contributed by atoms with E-state index in [0.717, 1.165) is 32.6 Å². The third kappa shape index (κ3) is 2.46. The fraction of sp³-hybridized carbons (Fsp3) is 0.875. The highest BCUT2D eigenvalue weighted by molar-refractivity contribution is 5.48. The van der Waals surface area contributed by atoms with Crippen LogP contribution in [0.3, 0.4) is 0 Å². The molecule has 0 aromatic heterocycles. The summed E-state index contributed by atoms with van der Waals surface area (Å²) in [4.78, 5) is 14.6. The Morgan fingerprint density at radius 2 is 2.42 bits per heavy atom. The van der Waals surface area contributed by atoms with Gasteiger partial charge in [0.2, 0.25) is 6.41 Å². The van der Waals surface area contributed by atoms with Crippen LogP contribution in [-0.2, 0) is 4.79 Å². The fourth-order valence-electron chi connectivity index (χ4n) is 1.51. The van der Waals surface area contributed by atoms with Crippen LogP contribution < -0.4 is 5.32 Å². The zero-order valence-corrected chi connectivity index (χ0v) is 7.79. The van der Waals surface area contributed by atoms with Crippen LogP contribution in [-0.4, -0.2) is 62.5 Å². The second-order valence-corrected chi connectivity index (χ2v) is 3.46. The second-order valence-electron chi connectivity index (χ2n) is 3.46. The molecule has 0 aromatic rings. The highest BCUT2D eigenvalue weighted by atomic mass is 16.1. The molecule has 1 N–H and O–H groups in total. The van der Waals surface area contributed by atoms with E-state index in [1.165, 1.54) is 0 Å². The third-order valence-corrected chi connectivity index (χ3v) is 2.11. The van der Waals surface area contributed by atoms with E-state index in [-0.39, 0.29) is 0 Å². The van der Waals surface area contributed by atoms with Crippen molar-refractivity contribution < 1.29 is 4.79 Å². The van der Waals surface area contributed by atoms with E-state index in [9.17, 15) is 4.79 Å². The van der Waals surface area contributed by atoms with Gasteiger partial charge in [-0.1, -0.05) is 0 Å². The number of rotatable bonds is 3. The van der Waals surface area contributed by atoms with Gasteiger partial charge in [-0.25, -0.2) is 0 Å². The standard InChI is InChI=1S/C8H17N3O/c1-10(2)6-8-5-9-3-4-11(8)7-12/h7-9H,3-6H2,1-2H3. The molecule has 0 aromatic carbocycles. The number of hydrogen-bond acceptors (Lipinski definition) is 3. The maximum absolute atomic E-state index is 10.6. The Balaban J connectivity index is 2.41. The van der Waals surface area contributed by atoms with Gasteiger partial charge in [0, 0.05) is 26.2 Å². The van der Waals surface area contributed by atoms with Gasteiger partial charge in [-0.2, -0.15) is 0 Å². The number of hydrogen-bond donors (Lipinski definition) is 1. The first-order chi connectivity index (χ1) is 5.74. The number of piperazine rings is 1. The summed E-state index contributed by atoms with van der Waals surface area (Å²) in [6, 6.07) is 0.339. The van der Waals surface area contributed by atoms with Gasteiger partial charge in [0.05, 0.1) is 6.04 Å². The van der Waals surface area contributed by atoms with E-state index >= 15 is 0 Å². The summed E-state index contributed by atoms with van der Waals surface area (Å²) in [6.45, 7) is 3.60. The molecule has 70 valence electrons. The Morgan fingerprint density at radius 1 is 1.67 bits per heavy atom. The van der Waals surface area contributed by atoms with E-state index in [1.54, 1.807) is 0 Å². The van der Waals surface area contributed by atoms with Crippen LogP contribution in [0.15, 0.2) is 0 Å². The van der Waals surface area contributed by atoms with Gasteiger partial charge in [-0.15, -0.1) is 0 Å². The molecule has 0 saturated carbocycles. The van der Waals surface area contributed by atoms with Crippen molar-refractivity contribution in [3.05, 3.63) is 0 Å². The quantitative estimate of drug-likeness (QED) is 0.552. The summed E-state index contributed by atoms with van der Waals surface area (Å²) in [5, 5.41) is 3.28. The number of carbonyl (C=O) groups is 1. The Hall–Kier alpha value is -0.610. The van der Waals surface area contributed by atoms with Gasteiger partial charge < -0.3 is 15.1 Å². The van der Waals surface area contributed by atoms with Gasteiger partial charge in [-0.3, -0.25) is 4.79 Å². The topological polar surface area (TPSA) is 35.6 Å². The van der Waals surface area contributed by atoms with Crippen molar-refractivity contribution in [3.8, 4) is 0 Å². The molecule has 4 heteroatoms. The summed E-state index contributed by atoms with van der Waals surface area (Å²) < 4.78 is 0. The minimum absolute atomic E-state index is 0.339. The maximum Gasteiger partial charge on any atom is 0.210 e. The van der Waals surface area contributed by atoms with Gasteiger partial charge >= 0.3 is 0 Å². The molecular formula is C8H17N3O. The smallest absolute Gasteiger partial charge is 0.210 e. The Kier molecular flexibility index (Phi) is 3.49. The number of amides is 1. The summed E-state index contributed by atoms with van der Waals surface area (Å²) in [5.41, 5.74) is 0. The molecule has 1 amide bonds. The van der Waals surface area contributed by atoms with Crippen LogP contribution in [0.2, 0.25) is 0 Å². The average Bonchev–Trinajstić information content (AvgIpc) is 2.04. The van der Waals surface area contributed by atoms with Gasteiger partial charge in [0.1, 0.15) is 0 Å². The van der Waals surface area contributed by atoms with Gasteiger partial charge in [0.15, 0.2) is 0 Å². The van der Waals surface area contributed by atoms with Crippen LogP contribution >= 0.6 is 0 Å². The van der Waals surface area contributed by atoms with Crippen molar-refractivity contribution in [1.82, 2.24) is 15.1 Å². The lowest BCUT2D eigenvalue weighted by Crippen LogP contribution is -2.54. The lowest BCUT2D eigenvalue weighted by molar-refractivity contribution is -0.121. The molecule has 1 rings (SSSR count). The fourth-order valence-corrected chi connectivity index (χ4v) is 1.51. The average molecular weight is 171 g/mol. The highest BCUT2D eigenvalue weighted by Crippen LogP contribution is 2.00. The van der Waals surface area contributed by atoms with Crippen molar-refractivity contribution in [2.75, 3.05) is 40.3 Å². The summed E-state index contributed by atoms with van der Waals surface area (Å²) in [6.07, 6.45) is 0.953. The molecule has 12 heavy (non-hydrogen) atoms. The number of carbonyl (C=O) groups excluding carboxylic acids is 1. The monoisotopic (exact) mass is 171 g/mol. The van der Waals surface area contributed by atoms with Crippen LogP contribution in [0, 0.1) is 0 Å². The third-order valence-electron chi connectivity index (χ3n) is 2.11. The minimum atomic E-state index is 0.339. The summed E-state index contributed by atoms with van der Waals surface area (Å²) >= 11 is 0. The molecule has 4 nitrogen and oxygen atoms in total. The number of nitrogens with zero attached hydrogens (tertiary/aromatic N) is 2. The minimum Gasteiger partial charge on any atom is -0.338 e. The molecule has 1 atom stereocenters. The first kappa shape index (κ1) is 9.48. The Morgan fingerprint density at radius 3 is 3.00 bits per heavy atom. The molecule has 1 fully saturated rings. The van der Waals surface area contributed by atoms with Crippen molar-refractivity contribution in [3.63, 3.8) is 0 Å². The SMILES string of the molecule is CN(C)CC1CNCCN1C=O. The highest BCUT2D eigenvalue weighted by Gasteiger charge is 2.20. The van der Waals surface area contributed by atoms with E-state index in [0.29, 0.717) is 6.04 Å². The molecule has 1 aliphatic rings. The maximum atomic E-state index is 10.6. The lowest BCUT2D eigenvalue weighted by Gasteiger charge is -2.34. The largest absolute Gasteiger partial charge is 0.338 e. The molecular weight excluding hydrogens is 154 g/mol. The molecule has 1 saturated heterocycles. The van der Waals surface area contributed by atoms with Crippen molar-refractivity contribution >= 4 is 6.41 Å². The zero-order valence-electron chi connectivity index (χ0n) is 7.79. The first-order valence-corrected chi connectivity index (χ1v) is 4.30. The van der Waals surface area contributed by atoms with Crippen LogP contribution in [0.5, 0.6) is 0 Å². The molecule has 1 unspecified atom stereocenters. The van der Waals surface area contributed by atoms with Crippen LogP contribution in [0.1, 0.15) is 0 Å².